The van der Waals surface area contributed by atoms with Crippen LogP contribution in [0.1, 0.15) is 15.3 Å². The quantitative estimate of drug-likeness (QED) is 0.772. The van der Waals surface area contributed by atoms with Gasteiger partial charge in [-0.2, -0.15) is 0 Å². The highest BCUT2D eigenvalue weighted by atomic mass is 32.1. The monoisotopic (exact) mass is 273 g/mol. The van der Waals surface area contributed by atoms with E-state index in [1.54, 1.807) is 12.4 Å². The van der Waals surface area contributed by atoms with Crippen molar-refractivity contribution < 1.29 is 0 Å². The third kappa shape index (κ3) is 4.17. The minimum Gasteiger partial charge on any atom is -0.265 e. The van der Waals surface area contributed by atoms with Crippen LogP contribution in [0.2, 0.25) is 0 Å². The summed E-state index contributed by atoms with van der Waals surface area (Å²) >= 11 is 6.13. The Bertz CT molecular complexity index is 532. The van der Waals surface area contributed by atoms with Crippen LogP contribution in [0.5, 0.6) is 0 Å². The van der Waals surface area contributed by atoms with Crippen molar-refractivity contribution >= 4 is 30.2 Å². The first-order valence-electron chi connectivity index (χ1n) is 5.75. The lowest BCUT2D eigenvalue weighted by Crippen LogP contribution is -1.82. The Labute approximate surface area is 117 Å². The molecule has 0 N–H and O–H groups in total. The SMILES string of the molecule is C1=CN=C1.Cc1ccc(Cc2ccc(S)cc2)s1. The van der Waals surface area contributed by atoms with Crippen molar-refractivity contribution in [1.82, 2.24) is 0 Å². The van der Waals surface area contributed by atoms with E-state index in [4.69, 9.17) is 0 Å². The van der Waals surface area contributed by atoms with E-state index in [-0.39, 0.29) is 0 Å². The van der Waals surface area contributed by atoms with Crippen molar-refractivity contribution in [2.45, 2.75) is 18.2 Å². The lowest BCUT2D eigenvalue weighted by Gasteiger charge is -1.98. The highest BCUT2D eigenvalue weighted by Crippen LogP contribution is 2.19. The molecular weight excluding hydrogens is 258 g/mol. The number of aryl methyl sites for hydroxylation is 1. The summed E-state index contributed by atoms with van der Waals surface area (Å²) in [5, 5.41) is 0. The molecule has 0 bridgehead atoms. The summed E-state index contributed by atoms with van der Waals surface area (Å²) in [7, 11) is 0. The van der Waals surface area contributed by atoms with Crippen LogP contribution in [0.25, 0.3) is 0 Å². The fourth-order valence-corrected chi connectivity index (χ4v) is 2.55. The number of rotatable bonds is 2. The average Bonchev–Trinajstić information content (AvgIpc) is 2.65. The maximum absolute atomic E-state index is 4.26. The van der Waals surface area contributed by atoms with Crippen molar-refractivity contribution in [2.75, 3.05) is 0 Å². The number of thiol groups is 1. The van der Waals surface area contributed by atoms with Gasteiger partial charge in [0.15, 0.2) is 0 Å². The summed E-state index contributed by atoms with van der Waals surface area (Å²) in [5.74, 6) is 0. The summed E-state index contributed by atoms with van der Waals surface area (Å²) in [5.41, 5.74) is 1.35. The predicted octanol–water partition coefficient (Wildman–Crippen LogP) is 4.52. The van der Waals surface area contributed by atoms with Crippen LogP contribution >= 0.6 is 24.0 Å². The van der Waals surface area contributed by atoms with Crippen LogP contribution < -0.4 is 0 Å². The number of hydrogen-bond acceptors (Lipinski definition) is 3. The van der Waals surface area contributed by atoms with E-state index in [1.807, 2.05) is 29.5 Å². The van der Waals surface area contributed by atoms with Gasteiger partial charge in [-0.05, 0) is 42.8 Å². The molecule has 2 aromatic rings. The maximum Gasteiger partial charge on any atom is 0.0283 e. The molecule has 0 aliphatic carbocycles. The molecule has 3 heteroatoms. The Hall–Kier alpha value is -1.32. The zero-order valence-electron chi connectivity index (χ0n) is 10.2. The molecule has 0 unspecified atom stereocenters. The molecule has 0 amide bonds. The second kappa shape index (κ2) is 6.57. The number of benzene rings is 1. The first kappa shape index (κ1) is 13.1. The molecule has 0 saturated carbocycles. The second-order valence-electron chi connectivity index (χ2n) is 4.00. The maximum atomic E-state index is 4.26. The normalized spacial score (nSPS) is 11.7. The van der Waals surface area contributed by atoms with Gasteiger partial charge < -0.3 is 0 Å². The lowest BCUT2D eigenvalue weighted by molar-refractivity contribution is 1.22. The fraction of sp³-hybridized carbons (Fsp3) is 0.133. The van der Waals surface area contributed by atoms with E-state index < -0.39 is 0 Å². The third-order valence-corrected chi connectivity index (χ3v) is 3.75. The summed E-state index contributed by atoms with van der Waals surface area (Å²) in [4.78, 5) is 7.44. The average molecular weight is 273 g/mol. The Morgan fingerprint density at radius 3 is 2.17 bits per heavy atom. The molecule has 1 aromatic carbocycles. The molecule has 2 heterocycles. The van der Waals surface area contributed by atoms with Crippen LogP contribution in [-0.2, 0) is 6.42 Å². The van der Waals surface area contributed by atoms with Crippen molar-refractivity contribution in [2.24, 2.45) is 4.99 Å². The van der Waals surface area contributed by atoms with E-state index in [0.29, 0.717) is 0 Å². The minimum atomic E-state index is 1.02. The van der Waals surface area contributed by atoms with Gasteiger partial charge in [-0.15, -0.1) is 24.0 Å². The predicted molar refractivity (Wildman–Crippen MR) is 83.2 cm³/mol. The van der Waals surface area contributed by atoms with Crippen LogP contribution in [0.15, 0.2) is 58.6 Å². The molecule has 0 spiro atoms. The molecule has 1 aromatic heterocycles. The van der Waals surface area contributed by atoms with E-state index >= 15 is 0 Å². The van der Waals surface area contributed by atoms with Crippen LogP contribution in [0, 0.1) is 6.92 Å². The van der Waals surface area contributed by atoms with Gasteiger partial charge >= 0.3 is 0 Å². The first-order chi connectivity index (χ1) is 8.74. The van der Waals surface area contributed by atoms with Gasteiger partial charge in [0.2, 0.25) is 0 Å². The van der Waals surface area contributed by atoms with E-state index in [1.165, 1.54) is 15.3 Å². The summed E-state index contributed by atoms with van der Waals surface area (Å²) in [6.07, 6.45) is 6.42. The molecule has 1 aliphatic heterocycles. The third-order valence-electron chi connectivity index (χ3n) is 2.45. The minimum absolute atomic E-state index is 1.02. The molecule has 92 valence electrons. The summed E-state index contributed by atoms with van der Waals surface area (Å²) < 4.78 is 0. The van der Waals surface area contributed by atoms with Crippen LogP contribution in [0.4, 0.5) is 0 Å². The Morgan fingerprint density at radius 2 is 1.72 bits per heavy atom. The zero-order chi connectivity index (χ0) is 12.8. The number of allylic oxidation sites excluding steroid dienone is 1. The van der Waals surface area contributed by atoms with Gasteiger partial charge in [0.25, 0.3) is 0 Å². The molecule has 1 nitrogen and oxygen atoms in total. The van der Waals surface area contributed by atoms with Crippen molar-refractivity contribution in [3.63, 3.8) is 0 Å². The molecule has 1 aliphatic rings. The van der Waals surface area contributed by atoms with E-state index in [2.05, 4.69) is 48.8 Å². The van der Waals surface area contributed by atoms with Gasteiger partial charge in [-0.25, -0.2) is 0 Å². The van der Waals surface area contributed by atoms with Crippen LogP contribution in [-0.4, -0.2) is 6.21 Å². The van der Waals surface area contributed by atoms with Gasteiger partial charge in [-0.3, -0.25) is 4.99 Å². The number of aliphatic imine (C=N–C) groups is 1. The summed E-state index contributed by atoms with van der Waals surface area (Å²) in [6, 6.07) is 12.7. The zero-order valence-corrected chi connectivity index (χ0v) is 11.9. The molecule has 0 radical (unpaired) electrons. The van der Waals surface area contributed by atoms with Crippen molar-refractivity contribution in [1.29, 1.82) is 0 Å². The molecule has 3 rings (SSSR count). The highest BCUT2D eigenvalue weighted by molar-refractivity contribution is 7.80. The summed E-state index contributed by atoms with van der Waals surface area (Å²) in [6.45, 7) is 2.14. The van der Waals surface area contributed by atoms with Crippen molar-refractivity contribution in [3.8, 4) is 0 Å². The molecular formula is C15H15NS2. The largest absolute Gasteiger partial charge is 0.265 e. The number of nitrogens with zero attached hydrogens (tertiary/aromatic N) is 1. The number of hydrogen-bond donors (Lipinski definition) is 1. The second-order valence-corrected chi connectivity index (χ2v) is 5.88. The molecule has 18 heavy (non-hydrogen) atoms. The smallest absolute Gasteiger partial charge is 0.0283 e. The fourth-order valence-electron chi connectivity index (χ4n) is 1.48. The van der Waals surface area contributed by atoms with E-state index in [0.717, 1.165) is 11.3 Å². The van der Waals surface area contributed by atoms with Gasteiger partial charge in [-0.1, -0.05) is 12.1 Å². The topological polar surface area (TPSA) is 12.4 Å². The highest BCUT2D eigenvalue weighted by Gasteiger charge is 1.98. The van der Waals surface area contributed by atoms with Gasteiger partial charge in [0.1, 0.15) is 0 Å². The van der Waals surface area contributed by atoms with Crippen LogP contribution in [0.3, 0.4) is 0 Å². The standard InChI is InChI=1S/C12H12S2.C3H3N/c1-9-2-7-12(14-9)8-10-3-5-11(13)6-4-10;1-2-4-3-1/h2-7,13H,8H2,1H3;1-3H. The van der Waals surface area contributed by atoms with Gasteiger partial charge in [0.05, 0.1) is 0 Å². The molecule has 0 saturated heterocycles. The molecule has 0 atom stereocenters. The van der Waals surface area contributed by atoms with E-state index in [9.17, 15) is 0 Å². The van der Waals surface area contributed by atoms with Gasteiger partial charge in [0, 0.05) is 33.5 Å². The Balaban J connectivity index is 0.000000256. The molecule has 0 fully saturated rings. The Kier molecular flexibility index (Phi) is 4.79. The van der Waals surface area contributed by atoms with Crippen molar-refractivity contribution in [3.05, 3.63) is 64.0 Å². The lowest BCUT2D eigenvalue weighted by atomic mass is 10.1. The Morgan fingerprint density at radius 1 is 1.11 bits per heavy atom. The number of thiophene rings is 1. The first-order valence-corrected chi connectivity index (χ1v) is 7.02.